The van der Waals surface area contributed by atoms with Crippen LogP contribution >= 0.6 is 0 Å². The van der Waals surface area contributed by atoms with Crippen molar-refractivity contribution in [2.75, 3.05) is 99.2 Å². The zero-order valence-electron chi connectivity index (χ0n) is 60.3. The van der Waals surface area contributed by atoms with E-state index in [0.29, 0.717) is 142 Å². The molecule has 0 aromatic rings. The van der Waals surface area contributed by atoms with E-state index in [1.807, 2.05) is 0 Å². The predicted octanol–water partition coefficient (Wildman–Crippen LogP) is -0.458. The molecule has 7 unspecified atom stereocenters. The molecule has 0 radical (unpaired) electrons. The zero-order valence-corrected chi connectivity index (χ0v) is 60.3. The number of ether oxygens (including phenoxy) is 6. The van der Waals surface area contributed by atoms with Gasteiger partial charge in [0.25, 0.3) is 0 Å². The molecule has 0 aromatic heterocycles. The van der Waals surface area contributed by atoms with Crippen molar-refractivity contribution < 1.29 is 118 Å². The number of Topliss-reactive ketones (excluding diaryl/α,β-unsaturated/α-hetero) is 3. The summed E-state index contributed by atoms with van der Waals surface area (Å²) in [5, 5.41) is 107. The van der Waals surface area contributed by atoms with Crippen molar-refractivity contribution in [2.24, 2.45) is 17.8 Å². The van der Waals surface area contributed by atoms with Gasteiger partial charge in [-0.05, 0) is 103 Å². The molecule has 6 amide bonds. The smallest absolute Gasteiger partial charge is 0.234 e. The Morgan fingerprint density at radius 2 is 0.891 bits per heavy atom. The van der Waals surface area contributed by atoms with Crippen LogP contribution in [-0.2, 0) is 71.6 Å². The minimum atomic E-state index is -1.44. The van der Waals surface area contributed by atoms with Gasteiger partial charge in [-0.3, -0.25) is 48.1 Å². The van der Waals surface area contributed by atoms with Crippen molar-refractivity contribution in [2.45, 2.75) is 274 Å². The van der Waals surface area contributed by atoms with E-state index in [9.17, 15) is 89.1 Å². The Labute approximate surface area is 595 Å². The lowest BCUT2D eigenvalue weighted by atomic mass is 9.77. The summed E-state index contributed by atoms with van der Waals surface area (Å²) in [6.07, 6.45) is -0.420. The van der Waals surface area contributed by atoms with E-state index < -0.39 is 110 Å². The van der Waals surface area contributed by atoms with Gasteiger partial charge < -0.3 is 106 Å². The van der Waals surface area contributed by atoms with Crippen LogP contribution in [0.3, 0.4) is 0 Å². The number of methoxy groups -OCH3 is 1. The van der Waals surface area contributed by atoms with Gasteiger partial charge in [0.2, 0.25) is 35.4 Å². The molecule has 3 rings (SSSR count). The van der Waals surface area contributed by atoms with Crippen LogP contribution in [0.25, 0.3) is 0 Å². The van der Waals surface area contributed by atoms with Crippen molar-refractivity contribution in [3.63, 3.8) is 0 Å². The molecule has 0 bridgehead atoms. The SMILES string of the molecule is COCCC(=O)CCCC(=O)NCCCCC(C(=O)CCCCNC(=O)CCCCCO[C@@H]1OC(CO)[C@H](O)[C@H](O)C1C)N(CC(=O)CCCCNC(=O)CCCCCO[C@@H]1OC(CO)[C@H](O)[C@H](O)C1NC(C)=O)CC(=O)NCCCNC(=O)CCCCCO[C@@H]1CC(CO)[C@H](O)[C@H](O)C1C. The molecule has 3 fully saturated rings. The van der Waals surface area contributed by atoms with Crippen LogP contribution in [0.4, 0.5) is 0 Å². The quantitative estimate of drug-likeness (QED) is 0.0343. The Bertz CT molecular complexity index is 2380. The van der Waals surface area contributed by atoms with Gasteiger partial charge in [0.05, 0.1) is 63.4 Å². The molecule has 0 aromatic carbocycles. The van der Waals surface area contributed by atoms with Gasteiger partial charge in [-0.2, -0.15) is 0 Å². The van der Waals surface area contributed by atoms with Gasteiger partial charge in [-0.25, -0.2) is 0 Å². The molecule has 101 heavy (non-hydrogen) atoms. The summed E-state index contributed by atoms with van der Waals surface area (Å²) in [5.74, 6) is -3.38. The predicted molar refractivity (Wildman–Crippen MR) is 368 cm³/mol. The molecule has 31 nitrogen and oxygen atoms in total. The van der Waals surface area contributed by atoms with Crippen molar-refractivity contribution >= 4 is 52.8 Å². The molecule has 2 saturated heterocycles. The fourth-order valence-electron chi connectivity index (χ4n) is 12.5. The Balaban J connectivity index is 1.57. The second kappa shape index (κ2) is 53.0. The molecule has 584 valence electrons. The van der Waals surface area contributed by atoms with Gasteiger partial charge in [0.15, 0.2) is 12.6 Å². The first kappa shape index (κ1) is 90.4. The largest absolute Gasteiger partial charge is 0.396 e. The molecular formula is C70H125N7O24. The Morgan fingerprint density at radius 1 is 0.436 bits per heavy atom. The first-order chi connectivity index (χ1) is 48.5. The summed E-state index contributed by atoms with van der Waals surface area (Å²) in [5.41, 5.74) is 0. The molecule has 15 N–H and O–H groups in total. The third-order valence-corrected chi connectivity index (χ3v) is 18.8. The van der Waals surface area contributed by atoms with Gasteiger partial charge in [-0.15, -0.1) is 0 Å². The summed E-state index contributed by atoms with van der Waals surface area (Å²) in [7, 11) is 1.51. The fraction of sp³-hybridized carbons (Fsp3) is 0.871. The average molecular weight is 1450 g/mol. The number of rotatable bonds is 57. The van der Waals surface area contributed by atoms with Crippen molar-refractivity contribution in [3.8, 4) is 0 Å². The molecule has 2 aliphatic heterocycles. The third-order valence-electron chi connectivity index (χ3n) is 18.8. The standard InChI is InChI=1S/C70H125N7O24/c1-46-54(40-49(43-78)65(92)63(46)90)97-36-17-5-8-28-59(87)74-34-21-35-75-61(89)42-77(41-51(83)22-11-14-31-71-57(85)27-10-7-19-38-99-70-62(76-48(3)81)68(95)67(94)56(45-80)101-70)52(24-12-15-32-73-60(88)29-20-23-50(82)30-39-96-4)53(84)25-13-16-33-72-58(86)26-9-6-18-37-98-69-47(2)64(91)66(93)55(44-79)100-69/h46-47,49,52,54-56,62-70,78-80,90-95H,5-45H2,1-4H3,(H,71,85)(H,72,86)(H,73,88)(H,74,87)(H,75,89)(H,76,81)/t46?,47?,49?,52?,54-,55?,56?,62?,63-,64-,65+,66+,67+,68-,69-,70-/m1/s1. The number of unbranched alkanes of at least 4 members (excludes halogenated alkanes) is 9. The number of ketones is 3. The highest BCUT2D eigenvalue weighted by Crippen LogP contribution is 2.32. The highest BCUT2D eigenvalue weighted by Gasteiger charge is 2.46. The fourth-order valence-corrected chi connectivity index (χ4v) is 12.5. The number of aliphatic hydroxyl groups excluding tert-OH is 9. The van der Waals surface area contributed by atoms with E-state index in [0.717, 1.165) is 0 Å². The highest BCUT2D eigenvalue weighted by atomic mass is 16.7. The van der Waals surface area contributed by atoms with E-state index in [-0.39, 0.29) is 163 Å². The summed E-state index contributed by atoms with van der Waals surface area (Å²) in [6, 6.07) is -1.95. The number of aliphatic hydroxyl groups is 9. The van der Waals surface area contributed by atoms with Crippen LogP contribution < -0.4 is 31.9 Å². The minimum Gasteiger partial charge on any atom is -0.396 e. The van der Waals surface area contributed by atoms with Crippen molar-refractivity contribution in [1.29, 1.82) is 0 Å². The Morgan fingerprint density at radius 3 is 1.43 bits per heavy atom. The maximum absolute atomic E-state index is 14.4. The number of hydrogen-bond donors (Lipinski definition) is 15. The lowest BCUT2D eigenvalue weighted by molar-refractivity contribution is -0.282. The number of carbonyl (C=O) groups excluding carboxylic acids is 9. The summed E-state index contributed by atoms with van der Waals surface area (Å²) in [4.78, 5) is 119. The van der Waals surface area contributed by atoms with E-state index >= 15 is 0 Å². The van der Waals surface area contributed by atoms with E-state index in [2.05, 4.69) is 31.9 Å². The average Bonchev–Trinajstić information content (AvgIpc) is 0.823. The number of nitrogens with one attached hydrogen (secondary N) is 6. The van der Waals surface area contributed by atoms with E-state index in [4.69, 9.17) is 28.4 Å². The summed E-state index contributed by atoms with van der Waals surface area (Å²) in [6.45, 7) is 5.38. The second-order valence-corrected chi connectivity index (χ2v) is 27.2. The van der Waals surface area contributed by atoms with Crippen molar-refractivity contribution in [1.82, 2.24) is 36.8 Å². The van der Waals surface area contributed by atoms with Crippen LogP contribution in [0.5, 0.6) is 0 Å². The number of carbonyl (C=O) groups is 9. The second-order valence-electron chi connectivity index (χ2n) is 27.2. The Kier molecular flexibility index (Phi) is 47.5. The van der Waals surface area contributed by atoms with Crippen LogP contribution in [0.2, 0.25) is 0 Å². The zero-order chi connectivity index (χ0) is 74.5. The molecule has 0 spiro atoms. The normalized spacial score (nSPS) is 25.4. The molecule has 16 atom stereocenters. The minimum absolute atomic E-state index is 0.00283. The monoisotopic (exact) mass is 1450 g/mol. The topological polar surface area (TPSA) is 466 Å². The molecule has 1 saturated carbocycles. The molecular weight excluding hydrogens is 1320 g/mol. The Hall–Kier alpha value is -4.81. The first-order valence-corrected chi connectivity index (χ1v) is 36.9. The van der Waals surface area contributed by atoms with Crippen molar-refractivity contribution in [3.05, 3.63) is 0 Å². The maximum atomic E-state index is 14.4. The molecule has 31 heteroatoms. The van der Waals surface area contributed by atoms with Crippen LogP contribution in [-0.4, -0.2) is 282 Å². The van der Waals surface area contributed by atoms with Gasteiger partial charge >= 0.3 is 0 Å². The van der Waals surface area contributed by atoms with Crippen LogP contribution in [0, 0.1) is 17.8 Å². The maximum Gasteiger partial charge on any atom is 0.234 e. The van der Waals surface area contributed by atoms with Gasteiger partial charge in [0.1, 0.15) is 53.9 Å². The number of hydrogen-bond acceptors (Lipinski definition) is 25. The van der Waals surface area contributed by atoms with Gasteiger partial charge in [-0.1, -0.05) is 33.1 Å². The lowest BCUT2D eigenvalue weighted by Crippen LogP contribution is -2.64. The molecule has 2 heterocycles. The molecule has 1 aliphatic carbocycles. The van der Waals surface area contributed by atoms with Gasteiger partial charge in [0, 0.05) is 142 Å². The highest BCUT2D eigenvalue weighted by molar-refractivity contribution is 5.88. The first-order valence-electron chi connectivity index (χ1n) is 36.9. The van der Waals surface area contributed by atoms with E-state index in [1.165, 1.54) is 14.0 Å². The van der Waals surface area contributed by atoms with E-state index in [1.54, 1.807) is 18.7 Å². The number of amides is 6. The summed E-state index contributed by atoms with van der Waals surface area (Å²) >= 11 is 0. The lowest BCUT2D eigenvalue weighted by Gasteiger charge is -2.42. The molecule has 3 aliphatic rings. The van der Waals surface area contributed by atoms with Crippen LogP contribution in [0.15, 0.2) is 0 Å². The van der Waals surface area contributed by atoms with Crippen LogP contribution in [0.1, 0.15) is 194 Å². The summed E-state index contributed by atoms with van der Waals surface area (Å²) < 4.78 is 33.7. The third kappa shape index (κ3) is 36.6. The number of nitrogens with zero attached hydrogens (tertiary/aromatic N) is 1.